The minimum absolute atomic E-state index is 0.0584. The highest BCUT2D eigenvalue weighted by molar-refractivity contribution is 5.68. The number of para-hydroxylation sites is 1. The van der Waals surface area contributed by atoms with Crippen molar-refractivity contribution in [2.24, 2.45) is 0 Å². The van der Waals surface area contributed by atoms with Gasteiger partial charge in [-0.2, -0.15) is 4.98 Å². The largest absolute Gasteiger partial charge is 0.333 e. The standard InChI is InChI=1S/C15H11N3O3/c1-10-5-4-6-11(9-10)14-16-15(21-17-14)12-7-2-3-8-13(12)18(19)20/h2-9H,1H3. The molecule has 0 spiro atoms. The van der Waals surface area contributed by atoms with Crippen molar-refractivity contribution in [1.82, 2.24) is 10.1 Å². The predicted octanol–water partition coefficient (Wildman–Crippen LogP) is 3.62. The van der Waals surface area contributed by atoms with Gasteiger partial charge in [0, 0.05) is 11.6 Å². The highest BCUT2D eigenvalue weighted by Crippen LogP contribution is 2.29. The molecule has 3 rings (SSSR count). The van der Waals surface area contributed by atoms with Crippen LogP contribution >= 0.6 is 0 Å². The lowest BCUT2D eigenvalue weighted by atomic mass is 10.1. The second kappa shape index (κ2) is 5.16. The Morgan fingerprint density at radius 3 is 2.71 bits per heavy atom. The van der Waals surface area contributed by atoms with Crippen LogP contribution in [0, 0.1) is 17.0 Å². The first-order chi connectivity index (χ1) is 10.1. The van der Waals surface area contributed by atoms with Gasteiger partial charge in [0.15, 0.2) is 0 Å². The number of rotatable bonds is 3. The lowest BCUT2D eigenvalue weighted by Crippen LogP contribution is -1.91. The summed E-state index contributed by atoms with van der Waals surface area (Å²) < 4.78 is 5.17. The van der Waals surface area contributed by atoms with Crippen LogP contribution in [0.15, 0.2) is 53.1 Å². The van der Waals surface area contributed by atoms with Gasteiger partial charge in [0.05, 0.1) is 4.92 Å². The fourth-order valence-corrected chi connectivity index (χ4v) is 2.05. The lowest BCUT2D eigenvalue weighted by molar-refractivity contribution is -0.384. The number of aromatic nitrogens is 2. The van der Waals surface area contributed by atoms with Crippen LogP contribution in [0.2, 0.25) is 0 Å². The molecule has 0 bridgehead atoms. The number of hydrogen-bond acceptors (Lipinski definition) is 5. The van der Waals surface area contributed by atoms with Crippen molar-refractivity contribution in [1.29, 1.82) is 0 Å². The molecule has 0 aliphatic carbocycles. The second-order valence-corrected chi connectivity index (χ2v) is 4.57. The molecule has 104 valence electrons. The van der Waals surface area contributed by atoms with E-state index in [4.69, 9.17) is 4.52 Å². The van der Waals surface area contributed by atoms with E-state index >= 15 is 0 Å². The summed E-state index contributed by atoms with van der Waals surface area (Å²) in [6.07, 6.45) is 0. The molecule has 0 aliphatic heterocycles. The molecule has 0 aliphatic rings. The molecule has 21 heavy (non-hydrogen) atoms. The number of benzene rings is 2. The molecule has 0 saturated heterocycles. The SMILES string of the molecule is Cc1cccc(-c2noc(-c3ccccc3[N+](=O)[O-])n2)c1. The molecule has 0 N–H and O–H groups in total. The van der Waals surface area contributed by atoms with Crippen LogP contribution in [-0.4, -0.2) is 15.1 Å². The molecular weight excluding hydrogens is 270 g/mol. The van der Waals surface area contributed by atoms with E-state index < -0.39 is 4.92 Å². The van der Waals surface area contributed by atoms with Crippen molar-refractivity contribution >= 4 is 5.69 Å². The van der Waals surface area contributed by atoms with Gasteiger partial charge >= 0.3 is 0 Å². The highest BCUT2D eigenvalue weighted by atomic mass is 16.6. The van der Waals surface area contributed by atoms with E-state index in [2.05, 4.69) is 10.1 Å². The first-order valence-electron chi connectivity index (χ1n) is 6.29. The summed E-state index contributed by atoms with van der Waals surface area (Å²) in [5.41, 5.74) is 2.14. The van der Waals surface area contributed by atoms with E-state index in [1.54, 1.807) is 18.2 Å². The van der Waals surface area contributed by atoms with Crippen molar-refractivity contribution in [3.8, 4) is 22.8 Å². The maximum Gasteiger partial charge on any atom is 0.282 e. The molecule has 0 atom stereocenters. The van der Waals surface area contributed by atoms with E-state index in [-0.39, 0.29) is 11.6 Å². The summed E-state index contributed by atoms with van der Waals surface area (Å²) in [4.78, 5) is 14.8. The Morgan fingerprint density at radius 2 is 1.95 bits per heavy atom. The number of nitrogens with zero attached hydrogens (tertiary/aromatic N) is 3. The van der Waals surface area contributed by atoms with E-state index in [9.17, 15) is 10.1 Å². The molecule has 2 aromatic carbocycles. The van der Waals surface area contributed by atoms with Crippen LogP contribution < -0.4 is 0 Å². The third kappa shape index (κ3) is 2.51. The van der Waals surface area contributed by atoms with Crippen molar-refractivity contribution in [2.75, 3.05) is 0 Å². The molecule has 0 unspecified atom stereocenters. The van der Waals surface area contributed by atoms with Gasteiger partial charge in [-0.3, -0.25) is 10.1 Å². The Bertz CT molecular complexity index is 811. The number of nitro groups is 1. The molecule has 0 amide bonds. The zero-order chi connectivity index (χ0) is 14.8. The van der Waals surface area contributed by atoms with Crippen molar-refractivity contribution < 1.29 is 9.45 Å². The summed E-state index contributed by atoms with van der Waals surface area (Å²) in [6.45, 7) is 1.96. The minimum Gasteiger partial charge on any atom is -0.333 e. The molecule has 1 heterocycles. The Labute approximate surface area is 120 Å². The average Bonchev–Trinajstić information content (AvgIpc) is 2.97. The maximum absolute atomic E-state index is 11.0. The van der Waals surface area contributed by atoms with Crippen LogP contribution in [0.1, 0.15) is 5.56 Å². The van der Waals surface area contributed by atoms with Gasteiger partial charge in [0.25, 0.3) is 11.6 Å². The molecule has 0 saturated carbocycles. The Morgan fingerprint density at radius 1 is 1.14 bits per heavy atom. The van der Waals surface area contributed by atoms with Crippen molar-refractivity contribution in [3.63, 3.8) is 0 Å². The molecule has 1 aromatic heterocycles. The van der Waals surface area contributed by atoms with Crippen LogP contribution in [0.4, 0.5) is 5.69 Å². The summed E-state index contributed by atoms with van der Waals surface area (Å²) in [5, 5.41) is 14.9. The van der Waals surface area contributed by atoms with Gasteiger partial charge < -0.3 is 4.52 Å². The second-order valence-electron chi connectivity index (χ2n) is 4.57. The lowest BCUT2D eigenvalue weighted by Gasteiger charge is -1.96. The van der Waals surface area contributed by atoms with Gasteiger partial charge in [-0.15, -0.1) is 0 Å². The number of hydrogen-bond donors (Lipinski definition) is 0. The smallest absolute Gasteiger partial charge is 0.282 e. The van der Waals surface area contributed by atoms with E-state index in [0.29, 0.717) is 11.4 Å². The van der Waals surface area contributed by atoms with Gasteiger partial charge in [0.1, 0.15) is 5.56 Å². The Hall–Kier alpha value is -3.02. The third-order valence-corrected chi connectivity index (χ3v) is 3.03. The summed E-state index contributed by atoms with van der Waals surface area (Å²) in [6, 6.07) is 13.9. The Kier molecular flexibility index (Phi) is 3.19. The van der Waals surface area contributed by atoms with Gasteiger partial charge in [0.2, 0.25) is 5.82 Å². The number of nitro benzene ring substituents is 1. The average molecular weight is 281 g/mol. The predicted molar refractivity (Wildman–Crippen MR) is 76.6 cm³/mol. The van der Waals surface area contributed by atoms with Crippen LogP contribution in [0.25, 0.3) is 22.8 Å². The van der Waals surface area contributed by atoms with Gasteiger partial charge in [-0.05, 0) is 19.1 Å². The highest BCUT2D eigenvalue weighted by Gasteiger charge is 2.20. The van der Waals surface area contributed by atoms with Crippen molar-refractivity contribution in [2.45, 2.75) is 6.92 Å². The molecule has 3 aromatic rings. The van der Waals surface area contributed by atoms with Gasteiger partial charge in [-0.1, -0.05) is 41.1 Å². The van der Waals surface area contributed by atoms with Gasteiger partial charge in [-0.25, -0.2) is 0 Å². The van der Waals surface area contributed by atoms with Crippen molar-refractivity contribution in [3.05, 3.63) is 64.2 Å². The molecule has 6 nitrogen and oxygen atoms in total. The normalized spacial score (nSPS) is 10.5. The molecular formula is C15H11N3O3. The monoisotopic (exact) mass is 281 g/mol. The van der Waals surface area contributed by atoms with E-state index in [1.165, 1.54) is 6.07 Å². The minimum atomic E-state index is -0.466. The molecule has 0 radical (unpaired) electrons. The van der Waals surface area contributed by atoms with Crippen LogP contribution in [-0.2, 0) is 0 Å². The first kappa shape index (κ1) is 13.0. The third-order valence-electron chi connectivity index (χ3n) is 3.03. The van der Waals surface area contributed by atoms with Crippen LogP contribution in [0.3, 0.4) is 0 Å². The summed E-state index contributed by atoms with van der Waals surface area (Å²) in [7, 11) is 0. The summed E-state index contributed by atoms with van der Waals surface area (Å²) in [5.74, 6) is 0.547. The fraction of sp³-hybridized carbons (Fsp3) is 0.0667. The fourth-order valence-electron chi connectivity index (χ4n) is 2.05. The maximum atomic E-state index is 11.0. The zero-order valence-corrected chi connectivity index (χ0v) is 11.2. The first-order valence-corrected chi connectivity index (χ1v) is 6.29. The van der Waals surface area contributed by atoms with Crippen LogP contribution in [0.5, 0.6) is 0 Å². The van der Waals surface area contributed by atoms with E-state index in [0.717, 1.165) is 11.1 Å². The molecule has 0 fully saturated rings. The Balaban J connectivity index is 2.05. The summed E-state index contributed by atoms with van der Waals surface area (Å²) >= 11 is 0. The molecule has 6 heteroatoms. The zero-order valence-electron chi connectivity index (χ0n) is 11.2. The topological polar surface area (TPSA) is 82.1 Å². The quantitative estimate of drug-likeness (QED) is 0.541. The number of aryl methyl sites for hydroxylation is 1. The van der Waals surface area contributed by atoms with E-state index in [1.807, 2.05) is 31.2 Å².